The molecule has 0 saturated carbocycles. The van der Waals surface area contributed by atoms with Gasteiger partial charge in [-0.2, -0.15) is 0 Å². The molecule has 0 aliphatic carbocycles. The molecule has 0 atom stereocenters. The molecule has 0 N–H and O–H groups in total. The van der Waals surface area contributed by atoms with Gasteiger partial charge in [0.25, 0.3) is 5.91 Å². The summed E-state index contributed by atoms with van der Waals surface area (Å²) in [7, 11) is 1.75. The normalized spacial score (nSPS) is 10.6. The Kier molecular flexibility index (Phi) is 6.17. The molecule has 29 heavy (non-hydrogen) atoms. The molecule has 5 heteroatoms. The highest BCUT2D eigenvalue weighted by Gasteiger charge is 2.29. The third-order valence-corrected chi connectivity index (χ3v) is 5.08. The van der Waals surface area contributed by atoms with E-state index < -0.39 is 5.97 Å². The van der Waals surface area contributed by atoms with Crippen LogP contribution in [0.4, 0.5) is 5.69 Å². The van der Waals surface area contributed by atoms with Gasteiger partial charge in [-0.25, -0.2) is 4.79 Å². The number of hydrogen-bond donors (Lipinski definition) is 0. The van der Waals surface area contributed by atoms with Crippen LogP contribution in [0, 0.1) is 13.8 Å². The Morgan fingerprint density at radius 1 is 0.966 bits per heavy atom. The molecule has 0 saturated heterocycles. The lowest BCUT2D eigenvalue weighted by Crippen LogP contribution is -2.27. The van der Waals surface area contributed by atoms with Crippen molar-refractivity contribution < 1.29 is 14.3 Å². The molecule has 0 unspecified atom stereocenters. The summed E-state index contributed by atoms with van der Waals surface area (Å²) in [6.45, 7) is 6.24. The van der Waals surface area contributed by atoms with Crippen LogP contribution >= 0.6 is 0 Å². The summed E-state index contributed by atoms with van der Waals surface area (Å²) in [5, 5.41) is 0. The molecular weight excluding hydrogens is 364 g/mol. The molecular formula is C24H26N2O3. The molecule has 2 aromatic carbocycles. The zero-order chi connectivity index (χ0) is 21.0. The average Bonchev–Trinajstić information content (AvgIpc) is 2.98. The van der Waals surface area contributed by atoms with Gasteiger partial charge in [-0.3, -0.25) is 4.79 Å². The predicted octanol–water partition coefficient (Wildman–Crippen LogP) is 4.61. The number of nitrogens with zero attached hydrogens (tertiary/aromatic N) is 2. The number of carbonyl (C=O) groups excluding carboxylic acids is 2. The van der Waals surface area contributed by atoms with Crippen LogP contribution in [-0.4, -0.2) is 30.1 Å². The van der Waals surface area contributed by atoms with Crippen LogP contribution in [0.5, 0.6) is 0 Å². The minimum absolute atomic E-state index is 0.149. The van der Waals surface area contributed by atoms with Crippen LogP contribution in [0.1, 0.15) is 44.6 Å². The summed E-state index contributed by atoms with van der Waals surface area (Å²) < 4.78 is 7.18. The number of hydrogen-bond acceptors (Lipinski definition) is 3. The molecule has 3 aromatic rings. The van der Waals surface area contributed by atoms with Crippen LogP contribution in [0.25, 0.3) is 0 Å². The van der Waals surface area contributed by atoms with Crippen molar-refractivity contribution in [3.63, 3.8) is 0 Å². The topological polar surface area (TPSA) is 51.5 Å². The van der Waals surface area contributed by atoms with Gasteiger partial charge < -0.3 is 14.2 Å². The Balaban J connectivity index is 2.09. The first-order chi connectivity index (χ1) is 14.0. The molecule has 5 nitrogen and oxygen atoms in total. The Morgan fingerprint density at radius 2 is 1.55 bits per heavy atom. The number of para-hydroxylation sites is 1. The van der Waals surface area contributed by atoms with Gasteiger partial charge in [-0.15, -0.1) is 0 Å². The summed E-state index contributed by atoms with van der Waals surface area (Å²) in [4.78, 5) is 27.7. The number of aromatic nitrogens is 1. The van der Waals surface area contributed by atoms with Gasteiger partial charge in [0.2, 0.25) is 0 Å². The third kappa shape index (κ3) is 4.09. The number of amides is 1. The fourth-order valence-corrected chi connectivity index (χ4v) is 3.57. The lowest BCUT2D eigenvalue weighted by atomic mass is 10.1. The number of benzene rings is 2. The second kappa shape index (κ2) is 8.78. The van der Waals surface area contributed by atoms with Gasteiger partial charge in [0.1, 0.15) is 5.69 Å². The molecule has 0 spiro atoms. The van der Waals surface area contributed by atoms with E-state index in [4.69, 9.17) is 4.74 Å². The van der Waals surface area contributed by atoms with E-state index in [1.165, 1.54) is 0 Å². The SMILES string of the molecule is CCOC(=O)c1c(C)c(C(=O)N(C)c2ccccc2)c(C)n1Cc1ccccc1. The quantitative estimate of drug-likeness (QED) is 0.578. The largest absolute Gasteiger partial charge is 0.461 e. The molecule has 1 amide bonds. The van der Waals surface area contributed by atoms with E-state index in [0.717, 1.165) is 16.9 Å². The van der Waals surface area contributed by atoms with E-state index in [-0.39, 0.29) is 12.5 Å². The standard InChI is InChI=1S/C24H26N2O3/c1-5-29-24(28)22-17(2)21(23(27)25(4)20-14-10-7-11-15-20)18(3)26(22)16-19-12-8-6-9-13-19/h6-15H,5,16H2,1-4H3. The third-order valence-electron chi connectivity index (χ3n) is 5.08. The molecule has 0 fully saturated rings. The van der Waals surface area contributed by atoms with Crippen molar-refractivity contribution in [2.24, 2.45) is 0 Å². The van der Waals surface area contributed by atoms with Crippen molar-refractivity contribution in [1.29, 1.82) is 0 Å². The van der Waals surface area contributed by atoms with Crippen molar-refractivity contribution in [3.8, 4) is 0 Å². The molecule has 0 bridgehead atoms. The van der Waals surface area contributed by atoms with E-state index in [1.54, 1.807) is 18.9 Å². The fourth-order valence-electron chi connectivity index (χ4n) is 3.57. The lowest BCUT2D eigenvalue weighted by molar-refractivity contribution is 0.0513. The maximum Gasteiger partial charge on any atom is 0.355 e. The average molecular weight is 390 g/mol. The molecule has 1 aromatic heterocycles. The number of carbonyl (C=O) groups is 2. The highest BCUT2D eigenvalue weighted by Crippen LogP contribution is 2.27. The first-order valence-corrected chi connectivity index (χ1v) is 9.69. The summed E-state index contributed by atoms with van der Waals surface area (Å²) in [5.41, 5.74) is 4.21. The van der Waals surface area contributed by atoms with Crippen LogP contribution in [-0.2, 0) is 11.3 Å². The minimum Gasteiger partial charge on any atom is -0.461 e. The van der Waals surface area contributed by atoms with Gasteiger partial charge in [0, 0.05) is 25.0 Å². The Labute approximate surface area is 171 Å². The van der Waals surface area contributed by atoms with Crippen molar-refractivity contribution in [2.45, 2.75) is 27.3 Å². The van der Waals surface area contributed by atoms with Gasteiger partial charge in [0.05, 0.1) is 12.2 Å². The maximum atomic E-state index is 13.3. The second-order valence-corrected chi connectivity index (χ2v) is 6.93. The second-order valence-electron chi connectivity index (χ2n) is 6.93. The Morgan fingerprint density at radius 3 is 2.14 bits per heavy atom. The summed E-state index contributed by atoms with van der Waals surface area (Å²) >= 11 is 0. The van der Waals surface area contributed by atoms with Crippen molar-refractivity contribution in [3.05, 3.63) is 88.7 Å². The fraction of sp³-hybridized carbons (Fsp3) is 0.250. The Bertz CT molecular complexity index is 1010. The van der Waals surface area contributed by atoms with Crippen LogP contribution in [0.2, 0.25) is 0 Å². The molecule has 0 aliphatic rings. The lowest BCUT2D eigenvalue weighted by Gasteiger charge is -2.18. The molecule has 150 valence electrons. The first kappa shape index (κ1) is 20.4. The van der Waals surface area contributed by atoms with Crippen LogP contribution < -0.4 is 4.90 Å². The van der Waals surface area contributed by atoms with Crippen molar-refractivity contribution in [2.75, 3.05) is 18.6 Å². The summed E-state index contributed by atoms with van der Waals surface area (Å²) in [6.07, 6.45) is 0. The Hall–Kier alpha value is -3.34. The predicted molar refractivity (Wildman–Crippen MR) is 115 cm³/mol. The van der Waals surface area contributed by atoms with Crippen molar-refractivity contribution in [1.82, 2.24) is 4.57 Å². The molecule has 1 heterocycles. The maximum absolute atomic E-state index is 13.3. The number of rotatable bonds is 6. The summed E-state index contributed by atoms with van der Waals surface area (Å²) in [6, 6.07) is 19.3. The van der Waals surface area contributed by atoms with E-state index in [0.29, 0.717) is 23.4 Å². The summed E-state index contributed by atoms with van der Waals surface area (Å²) in [5.74, 6) is -0.561. The highest BCUT2D eigenvalue weighted by atomic mass is 16.5. The van der Waals surface area contributed by atoms with Crippen LogP contribution in [0.3, 0.4) is 0 Å². The van der Waals surface area contributed by atoms with Gasteiger partial charge >= 0.3 is 5.97 Å². The van der Waals surface area contributed by atoms with Gasteiger partial charge in [-0.1, -0.05) is 48.5 Å². The van der Waals surface area contributed by atoms with E-state index >= 15 is 0 Å². The van der Waals surface area contributed by atoms with E-state index in [1.807, 2.05) is 79.1 Å². The zero-order valence-electron chi connectivity index (χ0n) is 17.3. The zero-order valence-corrected chi connectivity index (χ0v) is 17.3. The molecule has 0 aliphatic heterocycles. The smallest absolute Gasteiger partial charge is 0.355 e. The van der Waals surface area contributed by atoms with Gasteiger partial charge in [0.15, 0.2) is 0 Å². The minimum atomic E-state index is -0.412. The molecule has 0 radical (unpaired) electrons. The first-order valence-electron chi connectivity index (χ1n) is 9.69. The van der Waals surface area contributed by atoms with E-state index in [9.17, 15) is 9.59 Å². The number of anilines is 1. The van der Waals surface area contributed by atoms with Crippen molar-refractivity contribution >= 4 is 17.6 Å². The number of esters is 1. The highest BCUT2D eigenvalue weighted by molar-refractivity contribution is 6.09. The monoisotopic (exact) mass is 390 g/mol. The van der Waals surface area contributed by atoms with E-state index in [2.05, 4.69) is 0 Å². The number of ether oxygens (including phenoxy) is 1. The van der Waals surface area contributed by atoms with Crippen LogP contribution in [0.15, 0.2) is 60.7 Å². The van der Waals surface area contributed by atoms with Gasteiger partial charge in [-0.05, 0) is 44.0 Å². The molecule has 3 rings (SSSR count).